The molecule has 2 atom stereocenters. The molecule has 0 saturated carbocycles. The number of benzene rings is 1. The summed E-state index contributed by atoms with van der Waals surface area (Å²) in [6.07, 6.45) is 4.86. The number of hydrogen-bond donors (Lipinski definition) is 1. The second kappa shape index (κ2) is 7.72. The number of carbonyl (C=O) groups is 2. The van der Waals surface area contributed by atoms with Crippen LogP contribution < -0.4 is 5.32 Å². The van der Waals surface area contributed by atoms with Crippen molar-refractivity contribution in [2.75, 3.05) is 0 Å². The van der Waals surface area contributed by atoms with Crippen LogP contribution in [0.1, 0.15) is 37.2 Å². The topological polar surface area (TPSA) is 67.2 Å². The van der Waals surface area contributed by atoms with Crippen molar-refractivity contribution in [1.82, 2.24) is 19.8 Å². The number of carbonyl (C=O) groups excluding carboxylic acids is 2. The predicted octanol–water partition coefficient (Wildman–Crippen LogP) is 2.04. The maximum absolute atomic E-state index is 12.9. The Hall–Kier alpha value is -2.63. The molecule has 0 spiro atoms. The molecule has 2 amide bonds. The van der Waals surface area contributed by atoms with E-state index in [4.69, 9.17) is 0 Å². The average molecular weight is 354 g/mol. The lowest BCUT2D eigenvalue weighted by Gasteiger charge is -2.37. The summed E-state index contributed by atoms with van der Waals surface area (Å²) in [5, 5.41) is 2.95. The quantitative estimate of drug-likeness (QED) is 0.893. The number of nitrogens with zero attached hydrogens (tertiary/aromatic N) is 3. The molecule has 1 aliphatic heterocycles. The zero-order valence-corrected chi connectivity index (χ0v) is 15.6. The van der Waals surface area contributed by atoms with Gasteiger partial charge in [0.05, 0.1) is 6.54 Å². The Morgan fingerprint density at radius 3 is 2.69 bits per heavy atom. The van der Waals surface area contributed by atoms with Crippen LogP contribution >= 0.6 is 0 Å². The van der Waals surface area contributed by atoms with Crippen LogP contribution in [0.15, 0.2) is 36.7 Å². The largest absolute Gasteiger partial charge is 0.347 e. The summed E-state index contributed by atoms with van der Waals surface area (Å²) in [6.45, 7) is 4.76. The van der Waals surface area contributed by atoms with Gasteiger partial charge in [0.2, 0.25) is 11.8 Å². The van der Waals surface area contributed by atoms with Gasteiger partial charge in [-0.1, -0.05) is 38.1 Å². The first kappa shape index (κ1) is 18.2. The van der Waals surface area contributed by atoms with Crippen molar-refractivity contribution in [3.8, 4) is 0 Å². The molecule has 6 heteroatoms. The molecular weight excluding hydrogens is 328 g/mol. The summed E-state index contributed by atoms with van der Waals surface area (Å²) in [7, 11) is 1.89. The molecule has 0 aliphatic carbocycles. The molecule has 1 aliphatic rings. The van der Waals surface area contributed by atoms with E-state index in [-0.39, 0.29) is 17.7 Å². The van der Waals surface area contributed by atoms with Crippen molar-refractivity contribution in [3.63, 3.8) is 0 Å². The minimum Gasteiger partial charge on any atom is -0.347 e. The zero-order valence-electron chi connectivity index (χ0n) is 15.6. The highest BCUT2D eigenvalue weighted by molar-refractivity contribution is 5.89. The maximum Gasteiger partial charge on any atom is 0.243 e. The third kappa shape index (κ3) is 3.64. The Balaban J connectivity index is 1.80. The van der Waals surface area contributed by atoms with E-state index in [1.165, 1.54) is 0 Å². The van der Waals surface area contributed by atoms with Gasteiger partial charge in [-0.3, -0.25) is 9.59 Å². The fraction of sp³-hybridized carbons (Fsp3) is 0.450. The number of rotatable bonds is 5. The minimum atomic E-state index is -0.480. The molecule has 6 nitrogen and oxygen atoms in total. The fourth-order valence-electron chi connectivity index (χ4n) is 3.30. The third-order valence-corrected chi connectivity index (χ3v) is 5.21. The minimum absolute atomic E-state index is 0.0409. The zero-order chi connectivity index (χ0) is 18.7. The number of nitrogens with one attached hydrogen (secondary N) is 1. The van der Waals surface area contributed by atoms with Crippen LogP contribution in [0, 0.1) is 5.92 Å². The molecule has 0 fully saturated rings. The van der Waals surface area contributed by atoms with Gasteiger partial charge in [-0.25, -0.2) is 4.98 Å². The standard InChI is InChI=1S/C20H26N4O2/c1-4-14(2)20(26)24-13-16-8-6-5-7-15(16)11-17(24)19(25)22-12-18-21-9-10-23(18)3/h5-10,14,17H,4,11-13H2,1-3H3,(H,22,25). The molecule has 1 aromatic carbocycles. The lowest BCUT2D eigenvalue weighted by atomic mass is 9.92. The molecule has 0 bridgehead atoms. The van der Waals surface area contributed by atoms with Crippen molar-refractivity contribution in [2.24, 2.45) is 13.0 Å². The van der Waals surface area contributed by atoms with E-state index < -0.39 is 6.04 Å². The molecule has 0 radical (unpaired) electrons. The Kier molecular flexibility index (Phi) is 5.40. The first-order valence-corrected chi connectivity index (χ1v) is 9.12. The highest BCUT2D eigenvalue weighted by Gasteiger charge is 2.35. The van der Waals surface area contributed by atoms with Crippen LogP contribution in [0.5, 0.6) is 0 Å². The van der Waals surface area contributed by atoms with Gasteiger partial charge in [-0.2, -0.15) is 0 Å². The Morgan fingerprint density at radius 2 is 2.04 bits per heavy atom. The van der Waals surface area contributed by atoms with Crippen molar-refractivity contribution in [3.05, 3.63) is 53.6 Å². The SMILES string of the molecule is CCC(C)C(=O)N1Cc2ccccc2CC1C(=O)NCc1nccn1C. The van der Waals surface area contributed by atoms with Crippen molar-refractivity contribution >= 4 is 11.8 Å². The van der Waals surface area contributed by atoms with E-state index in [1.807, 2.05) is 55.9 Å². The van der Waals surface area contributed by atoms with Crippen LogP contribution in [0.2, 0.25) is 0 Å². The molecule has 2 unspecified atom stereocenters. The molecule has 1 N–H and O–H groups in total. The highest BCUT2D eigenvalue weighted by atomic mass is 16.2. The van der Waals surface area contributed by atoms with E-state index in [2.05, 4.69) is 10.3 Å². The molecule has 1 aromatic heterocycles. The summed E-state index contributed by atoms with van der Waals surface area (Å²) >= 11 is 0. The molecule has 3 rings (SSSR count). The number of aryl methyl sites for hydroxylation is 1. The number of hydrogen-bond acceptors (Lipinski definition) is 3. The van der Waals surface area contributed by atoms with Crippen LogP contribution in [-0.4, -0.2) is 32.3 Å². The van der Waals surface area contributed by atoms with Crippen LogP contribution in [0.25, 0.3) is 0 Å². The van der Waals surface area contributed by atoms with Gasteiger partial charge < -0.3 is 14.8 Å². The summed E-state index contributed by atoms with van der Waals surface area (Å²) in [6, 6.07) is 7.56. The summed E-state index contributed by atoms with van der Waals surface area (Å²) in [5.41, 5.74) is 2.26. The Labute approximate surface area is 154 Å². The van der Waals surface area contributed by atoms with Gasteiger partial charge in [0, 0.05) is 38.3 Å². The lowest BCUT2D eigenvalue weighted by Crippen LogP contribution is -2.53. The Bertz CT molecular complexity index is 799. The van der Waals surface area contributed by atoms with E-state index in [0.717, 1.165) is 23.4 Å². The number of fused-ring (bicyclic) bond motifs is 1. The van der Waals surface area contributed by atoms with Gasteiger partial charge in [0.15, 0.2) is 0 Å². The van der Waals surface area contributed by atoms with E-state index in [1.54, 1.807) is 11.1 Å². The summed E-state index contributed by atoms with van der Waals surface area (Å²) in [4.78, 5) is 31.7. The van der Waals surface area contributed by atoms with Crippen molar-refractivity contribution < 1.29 is 9.59 Å². The molecule has 2 aromatic rings. The average Bonchev–Trinajstić information content (AvgIpc) is 3.08. The second-order valence-corrected chi connectivity index (χ2v) is 6.94. The predicted molar refractivity (Wildman–Crippen MR) is 99.0 cm³/mol. The molecule has 138 valence electrons. The second-order valence-electron chi connectivity index (χ2n) is 6.94. The summed E-state index contributed by atoms with van der Waals surface area (Å²) in [5.74, 6) is 0.609. The van der Waals surface area contributed by atoms with E-state index >= 15 is 0 Å². The third-order valence-electron chi connectivity index (χ3n) is 5.21. The summed E-state index contributed by atoms with van der Waals surface area (Å²) < 4.78 is 1.87. The van der Waals surface area contributed by atoms with Gasteiger partial charge in [-0.15, -0.1) is 0 Å². The van der Waals surface area contributed by atoms with Gasteiger partial charge in [-0.05, 0) is 17.5 Å². The fourth-order valence-corrected chi connectivity index (χ4v) is 3.30. The maximum atomic E-state index is 12.9. The van der Waals surface area contributed by atoms with Crippen molar-refractivity contribution in [1.29, 1.82) is 0 Å². The first-order valence-electron chi connectivity index (χ1n) is 9.12. The number of aromatic nitrogens is 2. The lowest BCUT2D eigenvalue weighted by molar-refractivity contribution is -0.144. The molecule has 2 heterocycles. The molecular formula is C20H26N4O2. The monoisotopic (exact) mass is 354 g/mol. The molecule has 26 heavy (non-hydrogen) atoms. The molecule has 0 saturated heterocycles. The van der Waals surface area contributed by atoms with Crippen LogP contribution in [0.3, 0.4) is 0 Å². The number of amides is 2. The Morgan fingerprint density at radius 1 is 1.31 bits per heavy atom. The van der Waals surface area contributed by atoms with Crippen molar-refractivity contribution in [2.45, 2.75) is 45.8 Å². The highest BCUT2D eigenvalue weighted by Crippen LogP contribution is 2.25. The van der Waals surface area contributed by atoms with Gasteiger partial charge >= 0.3 is 0 Å². The number of imidazole rings is 1. The van der Waals surface area contributed by atoms with Crippen LogP contribution in [-0.2, 0) is 36.1 Å². The van der Waals surface area contributed by atoms with Gasteiger partial charge in [0.1, 0.15) is 11.9 Å². The smallest absolute Gasteiger partial charge is 0.243 e. The van der Waals surface area contributed by atoms with Crippen LogP contribution in [0.4, 0.5) is 0 Å². The normalized spacial score (nSPS) is 17.5. The van der Waals surface area contributed by atoms with E-state index in [9.17, 15) is 9.59 Å². The van der Waals surface area contributed by atoms with Gasteiger partial charge in [0.25, 0.3) is 0 Å². The first-order chi connectivity index (χ1) is 12.5. The van der Waals surface area contributed by atoms with E-state index in [0.29, 0.717) is 19.5 Å².